The van der Waals surface area contributed by atoms with Crippen LogP contribution < -0.4 is 5.32 Å². The Morgan fingerprint density at radius 2 is 1.52 bits per heavy atom. The summed E-state index contributed by atoms with van der Waals surface area (Å²) in [6.07, 6.45) is 1.47. The molecular formula is C24H30N2O3. The molecule has 0 saturated carbocycles. The van der Waals surface area contributed by atoms with Gasteiger partial charge in [0.2, 0.25) is 5.91 Å². The quantitative estimate of drug-likeness (QED) is 0.730. The number of nitrogens with zero attached hydrogens (tertiary/aromatic N) is 1. The van der Waals surface area contributed by atoms with Crippen molar-refractivity contribution < 1.29 is 14.3 Å². The lowest BCUT2D eigenvalue weighted by Gasteiger charge is -2.35. The van der Waals surface area contributed by atoms with E-state index in [4.69, 9.17) is 4.74 Å². The van der Waals surface area contributed by atoms with Gasteiger partial charge >= 0.3 is 5.97 Å². The SMILES string of the molecule is CCOC(=O)C1CCN([C@@H](C)C(=O)NC(c2ccccc2)c2ccccc2)CC1. The molecule has 1 saturated heterocycles. The lowest BCUT2D eigenvalue weighted by atomic mass is 9.95. The molecule has 3 rings (SSSR count). The van der Waals surface area contributed by atoms with Crippen LogP contribution in [0.4, 0.5) is 0 Å². The largest absolute Gasteiger partial charge is 0.466 e. The van der Waals surface area contributed by atoms with Crippen molar-refractivity contribution in [2.75, 3.05) is 19.7 Å². The molecule has 1 atom stereocenters. The minimum Gasteiger partial charge on any atom is -0.466 e. The van der Waals surface area contributed by atoms with E-state index >= 15 is 0 Å². The van der Waals surface area contributed by atoms with Gasteiger partial charge in [-0.3, -0.25) is 14.5 Å². The van der Waals surface area contributed by atoms with Gasteiger partial charge in [0, 0.05) is 0 Å². The predicted octanol–water partition coefficient (Wildman–Crippen LogP) is 3.56. The van der Waals surface area contributed by atoms with Crippen LogP contribution in [0.2, 0.25) is 0 Å². The first kappa shape index (κ1) is 21.1. The van der Waals surface area contributed by atoms with Crippen LogP contribution in [0.15, 0.2) is 60.7 Å². The van der Waals surface area contributed by atoms with E-state index in [-0.39, 0.29) is 29.9 Å². The van der Waals surface area contributed by atoms with Crippen molar-refractivity contribution in [2.45, 2.75) is 38.8 Å². The van der Waals surface area contributed by atoms with E-state index in [9.17, 15) is 9.59 Å². The Hall–Kier alpha value is -2.66. The van der Waals surface area contributed by atoms with Crippen LogP contribution in [0.1, 0.15) is 43.9 Å². The van der Waals surface area contributed by atoms with Gasteiger partial charge in [-0.25, -0.2) is 0 Å². The zero-order valence-corrected chi connectivity index (χ0v) is 17.2. The van der Waals surface area contributed by atoms with Crippen molar-refractivity contribution in [3.63, 3.8) is 0 Å². The maximum atomic E-state index is 13.1. The van der Waals surface area contributed by atoms with E-state index in [1.165, 1.54) is 0 Å². The average Bonchev–Trinajstić information content (AvgIpc) is 2.78. The highest BCUT2D eigenvalue weighted by atomic mass is 16.5. The molecule has 0 unspecified atom stereocenters. The number of rotatable bonds is 7. The molecule has 154 valence electrons. The minimum absolute atomic E-state index is 0.00251. The predicted molar refractivity (Wildman–Crippen MR) is 113 cm³/mol. The molecule has 5 nitrogen and oxygen atoms in total. The molecule has 1 amide bonds. The molecule has 1 aliphatic heterocycles. The summed E-state index contributed by atoms with van der Waals surface area (Å²) in [5.74, 6) is -0.169. The summed E-state index contributed by atoms with van der Waals surface area (Å²) in [5, 5.41) is 3.23. The number of carbonyl (C=O) groups excluding carboxylic acids is 2. The van der Waals surface area contributed by atoms with Gasteiger partial charge in [0.05, 0.1) is 24.6 Å². The Labute approximate surface area is 173 Å². The summed E-state index contributed by atoms with van der Waals surface area (Å²) < 4.78 is 5.14. The number of carbonyl (C=O) groups is 2. The second kappa shape index (κ2) is 10.2. The van der Waals surface area contributed by atoms with Gasteiger partial charge in [-0.05, 0) is 50.9 Å². The third-order valence-electron chi connectivity index (χ3n) is 5.63. The molecule has 0 spiro atoms. The number of amides is 1. The fourth-order valence-corrected chi connectivity index (χ4v) is 3.86. The number of likely N-dealkylation sites (tertiary alicyclic amines) is 1. The van der Waals surface area contributed by atoms with E-state index in [0.29, 0.717) is 6.61 Å². The molecule has 1 fully saturated rings. The second-order valence-corrected chi connectivity index (χ2v) is 7.50. The van der Waals surface area contributed by atoms with Gasteiger partial charge in [0.1, 0.15) is 0 Å². The summed E-state index contributed by atoms with van der Waals surface area (Å²) in [7, 11) is 0. The smallest absolute Gasteiger partial charge is 0.309 e. The molecule has 0 aliphatic carbocycles. The van der Waals surface area contributed by atoms with Gasteiger partial charge in [-0.15, -0.1) is 0 Å². The first-order valence-electron chi connectivity index (χ1n) is 10.4. The van der Waals surface area contributed by atoms with Crippen molar-refractivity contribution >= 4 is 11.9 Å². The topological polar surface area (TPSA) is 58.6 Å². The van der Waals surface area contributed by atoms with Crippen molar-refractivity contribution in [2.24, 2.45) is 5.92 Å². The Kier molecular flexibility index (Phi) is 7.42. The number of hydrogen-bond acceptors (Lipinski definition) is 4. The van der Waals surface area contributed by atoms with Gasteiger partial charge in [-0.1, -0.05) is 60.7 Å². The molecule has 0 radical (unpaired) electrons. The van der Waals surface area contributed by atoms with Crippen LogP contribution in [0, 0.1) is 5.92 Å². The molecule has 1 N–H and O–H groups in total. The van der Waals surface area contributed by atoms with Gasteiger partial charge in [0.25, 0.3) is 0 Å². The number of esters is 1. The summed E-state index contributed by atoms with van der Waals surface area (Å²) >= 11 is 0. The number of ether oxygens (including phenoxy) is 1. The normalized spacial score (nSPS) is 16.4. The summed E-state index contributed by atoms with van der Waals surface area (Å²) in [5.41, 5.74) is 2.11. The summed E-state index contributed by atoms with van der Waals surface area (Å²) in [6.45, 7) is 5.62. The van der Waals surface area contributed by atoms with E-state index in [0.717, 1.165) is 37.1 Å². The highest BCUT2D eigenvalue weighted by Crippen LogP contribution is 2.24. The van der Waals surface area contributed by atoms with Crippen molar-refractivity contribution in [1.82, 2.24) is 10.2 Å². The molecule has 2 aromatic rings. The van der Waals surface area contributed by atoms with E-state index < -0.39 is 0 Å². The Morgan fingerprint density at radius 3 is 2.00 bits per heavy atom. The third kappa shape index (κ3) is 5.45. The molecule has 5 heteroatoms. The van der Waals surface area contributed by atoms with E-state index in [2.05, 4.69) is 10.2 Å². The molecule has 1 aliphatic rings. The van der Waals surface area contributed by atoms with Crippen molar-refractivity contribution in [3.8, 4) is 0 Å². The molecule has 29 heavy (non-hydrogen) atoms. The summed E-state index contributed by atoms with van der Waals surface area (Å²) in [4.78, 5) is 27.2. The molecular weight excluding hydrogens is 364 g/mol. The highest BCUT2D eigenvalue weighted by Gasteiger charge is 2.31. The first-order valence-corrected chi connectivity index (χ1v) is 10.4. The van der Waals surface area contributed by atoms with Crippen LogP contribution in [-0.2, 0) is 14.3 Å². The van der Waals surface area contributed by atoms with E-state index in [1.807, 2.05) is 74.5 Å². The van der Waals surface area contributed by atoms with Gasteiger partial charge in [0.15, 0.2) is 0 Å². The fraction of sp³-hybridized carbons (Fsp3) is 0.417. The zero-order chi connectivity index (χ0) is 20.6. The van der Waals surface area contributed by atoms with Gasteiger partial charge in [-0.2, -0.15) is 0 Å². The summed E-state index contributed by atoms with van der Waals surface area (Å²) in [6, 6.07) is 19.6. The average molecular weight is 395 g/mol. The second-order valence-electron chi connectivity index (χ2n) is 7.50. The Bertz CT molecular complexity index is 747. The maximum absolute atomic E-state index is 13.1. The molecule has 0 bridgehead atoms. The van der Waals surface area contributed by atoms with Crippen molar-refractivity contribution in [3.05, 3.63) is 71.8 Å². The lowest BCUT2D eigenvalue weighted by molar-refractivity contribution is -0.149. The number of piperidine rings is 1. The van der Waals surface area contributed by atoms with Crippen LogP contribution in [-0.4, -0.2) is 42.5 Å². The zero-order valence-electron chi connectivity index (χ0n) is 17.2. The number of nitrogens with one attached hydrogen (secondary N) is 1. The maximum Gasteiger partial charge on any atom is 0.309 e. The van der Waals surface area contributed by atoms with E-state index in [1.54, 1.807) is 0 Å². The fourth-order valence-electron chi connectivity index (χ4n) is 3.86. The third-order valence-corrected chi connectivity index (χ3v) is 5.63. The molecule has 2 aromatic carbocycles. The Morgan fingerprint density at radius 1 is 1.00 bits per heavy atom. The minimum atomic E-state index is -0.256. The first-order chi connectivity index (χ1) is 14.1. The van der Waals surface area contributed by atoms with Crippen LogP contribution >= 0.6 is 0 Å². The highest BCUT2D eigenvalue weighted by molar-refractivity contribution is 5.82. The number of hydrogen-bond donors (Lipinski definition) is 1. The molecule has 1 heterocycles. The van der Waals surface area contributed by atoms with Crippen LogP contribution in [0.5, 0.6) is 0 Å². The Balaban J connectivity index is 1.65. The van der Waals surface area contributed by atoms with Crippen LogP contribution in [0.25, 0.3) is 0 Å². The van der Waals surface area contributed by atoms with Gasteiger partial charge < -0.3 is 10.1 Å². The van der Waals surface area contributed by atoms with Crippen molar-refractivity contribution in [1.29, 1.82) is 0 Å². The standard InChI is InChI=1S/C24H30N2O3/c1-3-29-24(28)21-14-16-26(17-15-21)18(2)23(27)25-22(19-10-6-4-7-11-19)20-12-8-5-9-13-20/h4-13,18,21-22H,3,14-17H2,1-2H3,(H,25,27)/t18-/m0/s1. The van der Waals surface area contributed by atoms with Crippen LogP contribution in [0.3, 0.4) is 0 Å². The molecule has 0 aromatic heterocycles. The number of benzene rings is 2. The lowest BCUT2D eigenvalue weighted by Crippen LogP contribution is -2.49. The monoisotopic (exact) mass is 394 g/mol.